The molecule has 3 heteroatoms. The Bertz CT molecular complexity index is 223. The Morgan fingerprint density at radius 3 is 2.83 bits per heavy atom. The van der Waals surface area contributed by atoms with E-state index < -0.39 is 0 Å². The molecular formula is C15H31NO2. The van der Waals surface area contributed by atoms with Crippen LogP contribution in [0.2, 0.25) is 0 Å². The van der Waals surface area contributed by atoms with E-state index in [0.29, 0.717) is 11.5 Å². The highest BCUT2D eigenvalue weighted by molar-refractivity contribution is 4.92. The maximum atomic E-state index is 5.83. The fraction of sp³-hybridized carbons (Fsp3) is 1.00. The maximum Gasteiger partial charge on any atom is 0.0616 e. The van der Waals surface area contributed by atoms with Gasteiger partial charge in [0.2, 0.25) is 0 Å². The summed E-state index contributed by atoms with van der Waals surface area (Å²) >= 11 is 0. The van der Waals surface area contributed by atoms with Gasteiger partial charge in [0.1, 0.15) is 0 Å². The van der Waals surface area contributed by atoms with Gasteiger partial charge in [0.25, 0.3) is 0 Å². The van der Waals surface area contributed by atoms with E-state index in [1.165, 1.54) is 25.7 Å². The monoisotopic (exact) mass is 257 g/mol. The van der Waals surface area contributed by atoms with Crippen molar-refractivity contribution in [2.24, 2.45) is 11.3 Å². The lowest BCUT2D eigenvalue weighted by molar-refractivity contribution is 0.0486. The number of methoxy groups -OCH3 is 1. The Morgan fingerprint density at radius 1 is 1.50 bits per heavy atom. The second-order valence-corrected chi connectivity index (χ2v) is 5.89. The predicted molar refractivity (Wildman–Crippen MR) is 75.9 cm³/mol. The molecule has 1 fully saturated rings. The fourth-order valence-corrected chi connectivity index (χ4v) is 3.19. The van der Waals surface area contributed by atoms with Crippen LogP contribution < -0.4 is 5.32 Å². The third kappa shape index (κ3) is 4.52. The molecule has 0 bridgehead atoms. The Kier molecular flexibility index (Phi) is 7.20. The summed E-state index contributed by atoms with van der Waals surface area (Å²) in [7, 11) is 1.75. The quantitative estimate of drug-likeness (QED) is 0.644. The molecule has 0 radical (unpaired) electrons. The molecule has 0 aliphatic carbocycles. The van der Waals surface area contributed by atoms with E-state index in [2.05, 4.69) is 26.1 Å². The molecule has 18 heavy (non-hydrogen) atoms. The van der Waals surface area contributed by atoms with E-state index in [4.69, 9.17) is 9.47 Å². The van der Waals surface area contributed by atoms with Crippen molar-refractivity contribution < 1.29 is 9.47 Å². The number of hydrogen-bond acceptors (Lipinski definition) is 3. The van der Waals surface area contributed by atoms with Gasteiger partial charge >= 0.3 is 0 Å². The zero-order valence-electron chi connectivity index (χ0n) is 12.6. The van der Waals surface area contributed by atoms with Gasteiger partial charge in [0.05, 0.1) is 12.7 Å². The van der Waals surface area contributed by atoms with Gasteiger partial charge in [0, 0.05) is 32.2 Å². The van der Waals surface area contributed by atoms with Crippen molar-refractivity contribution in [3.05, 3.63) is 0 Å². The lowest BCUT2D eigenvalue weighted by atomic mass is 9.74. The molecule has 3 nitrogen and oxygen atoms in total. The SMILES string of the molecule is CCCC(C)CC1(CNCCOC)CCOC1C. The normalized spacial score (nSPS) is 29.7. The first-order valence-electron chi connectivity index (χ1n) is 7.46. The van der Waals surface area contributed by atoms with Gasteiger partial charge in [-0.15, -0.1) is 0 Å². The average molecular weight is 257 g/mol. The zero-order valence-corrected chi connectivity index (χ0v) is 12.6. The van der Waals surface area contributed by atoms with Crippen molar-refractivity contribution in [2.45, 2.75) is 52.6 Å². The highest BCUT2D eigenvalue weighted by atomic mass is 16.5. The Hall–Kier alpha value is -0.120. The van der Waals surface area contributed by atoms with E-state index in [0.717, 1.165) is 32.2 Å². The minimum absolute atomic E-state index is 0.336. The second-order valence-electron chi connectivity index (χ2n) is 5.89. The summed E-state index contributed by atoms with van der Waals surface area (Å²) in [5, 5.41) is 3.54. The fourth-order valence-electron chi connectivity index (χ4n) is 3.19. The molecule has 1 saturated heterocycles. The van der Waals surface area contributed by atoms with Gasteiger partial charge in [-0.2, -0.15) is 0 Å². The van der Waals surface area contributed by atoms with Crippen molar-refractivity contribution in [3.8, 4) is 0 Å². The topological polar surface area (TPSA) is 30.5 Å². The summed E-state index contributed by atoms with van der Waals surface area (Å²) in [5.74, 6) is 0.795. The molecule has 0 aromatic heterocycles. The minimum Gasteiger partial charge on any atom is -0.383 e. The standard InChI is InChI=1S/C15H31NO2/c1-5-6-13(2)11-15(7-9-18-14(15)3)12-16-8-10-17-4/h13-14,16H,5-12H2,1-4H3. The van der Waals surface area contributed by atoms with Crippen LogP contribution in [0.3, 0.4) is 0 Å². The van der Waals surface area contributed by atoms with Gasteiger partial charge in [-0.05, 0) is 25.7 Å². The molecule has 1 heterocycles. The largest absolute Gasteiger partial charge is 0.383 e. The lowest BCUT2D eigenvalue weighted by Gasteiger charge is -2.35. The Labute approximate surface area is 113 Å². The van der Waals surface area contributed by atoms with E-state index in [9.17, 15) is 0 Å². The van der Waals surface area contributed by atoms with E-state index in [1.807, 2.05) is 0 Å². The van der Waals surface area contributed by atoms with Gasteiger partial charge < -0.3 is 14.8 Å². The molecular weight excluding hydrogens is 226 g/mol. The van der Waals surface area contributed by atoms with Gasteiger partial charge in [-0.1, -0.05) is 26.7 Å². The van der Waals surface area contributed by atoms with Crippen molar-refractivity contribution in [2.75, 3.05) is 33.4 Å². The number of nitrogens with one attached hydrogen (secondary N) is 1. The molecule has 108 valence electrons. The second kappa shape index (κ2) is 8.13. The zero-order chi connectivity index (χ0) is 13.4. The van der Waals surface area contributed by atoms with Crippen LogP contribution in [0, 0.1) is 11.3 Å². The lowest BCUT2D eigenvalue weighted by Crippen LogP contribution is -2.41. The van der Waals surface area contributed by atoms with Crippen LogP contribution in [0.1, 0.15) is 46.5 Å². The van der Waals surface area contributed by atoms with E-state index in [1.54, 1.807) is 7.11 Å². The summed E-state index contributed by atoms with van der Waals surface area (Å²) < 4.78 is 10.9. The molecule has 0 aromatic rings. The minimum atomic E-state index is 0.336. The summed E-state index contributed by atoms with van der Waals surface area (Å²) in [6, 6.07) is 0. The molecule has 0 saturated carbocycles. The van der Waals surface area contributed by atoms with Crippen molar-refractivity contribution >= 4 is 0 Å². The molecule has 0 aromatic carbocycles. The highest BCUT2D eigenvalue weighted by Gasteiger charge is 2.41. The number of ether oxygens (including phenoxy) is 2. The van der Waals surface area contributed by atoms with E-state index in [-0.39, 0.29) is 0 Å². The van der Waals surface area contributed by atoms with Gasteiger partial charge in [-0.25, -0.2) is 0 Å². The summed E-state index contributed by atoms with van der Waals surface area (Å²) in [4.78, 5) is 0. The van der Waals surface area contributed by atoms with Crippen LogP contribution in [0.15, 0.2) is 0 Å². The predicted octanol–water partition coefficient (Wildman–Crippen LogP) is 2.84. The van der Waals surface area contributed by atoms with Crippen molar-refractivity contribution in [1.29, 1.82) is 0 Å². The van der Waals surface area contributed by atoms with Crippen LogP contribution in [-0.2, 0) is 9.47 Å². The molecule has 3 unspecified atom stereocenters. The van der Waals surface area contributed by atoms with Crippen LogP contribution in [0.5, 0.6) is 0 Å². The van der Waals surface area contributed by atoms with Gasteiger partial charge in [0.15, 0.2) is 0 Å². The highest BCUT2D eigenvalue weighted by Crippen LogP contribution is 2.40. The molecule has 0 amide bonds. The molecule has 1 N–H and O–H groups in total. The first-order chi connectivity index (χ1) is 8.64. The molecule has 3 atom stereocenters. The van der Waals surface area contributed by atoms with Crippen molar-refractivity contribution in [3.63, 3.8) is 0 Å². The first kappa shape index (κ1) is 15.9. The Morgan fingerprint density at radius 2 is 2.28 bits per heavy atom. The van der Waals surface area contributed by atoms with Crippen LogP contribution in [0.4, 0.5) is 0 Å². The molecule has 0 spiro atoms. The maximum absolute atomic E-state index is 5.83. The van der Waals surface area contributed by atoms with Crippen molar-refractivity contribution in [1.82, 2.24) is 5.32 Å². The summed E-state index contributed by atoms with van der Waals surface area (Å²) in [5.41, 5.74) is 0.336. The molecule has 1 rings (SSSR count). The third-order valence-electron chi connectivity index (χ3n) is 4.33. The number of hydrogen-bond donors (Lipinski definition) is 1. The average Bonchev–Trinajstić information content (AvgIpc) is 2.67. The van der Waals surface area contributed by atoms with Crippen LogP contribution >= 0.6 is 0 Å². The van der Waals surface area contributed by atoms with Crippen LogP contribution in [0.25, 0.3) is 0 Å². The Balaban J connectivity index is 2.47. The smallest absolute Gasteiger partial charge is 0.0616 e. The molecule has 1 aliphatic rings. The molecule has 1 aliphatic heterocycles. The van der Waals surface area contributed by atoms with E-state index >= 15 is 0 Å². The third-order valence-corrected chi connectivity index (χ3v) is 4.33. The van der Waals surface area contributed by atoms with Crippen LogP contribution in [-0.4, -0.2) is 39.5 Å². The summed E-state index contributed by atoms with van der Waals surface area (Å²) in [6.07, 6.45) is 5.46. The van der Waals surface area contributed by atoms with Gasteiger partial charge in [-0.3, -0.25) is 0 Å². The number of rotatable bonds is 9. The first-order valence-corrected chi connectivity index (χ1v) is 7.46. The summed E-state index contributed by atoms with van der Waals surface area (Å²) in [6.45, 7) is 10.6.